The van der Waals surface area contributed by atoms with Crippen LogP contribution in [0.25, 0.3) is 5.65 Å². The summed E-state index contributed by atoms with van der Waals surface area (Å²) in [5.41, 5.74) is 3.09. The highest BCUT2D eigenvalue weighted by molar-refractivity contribution is 5.83. The van der Waals surface area contributed by atoms with Crippen LogP contribution in [0.5, 0.6) is 5.75 Å². The first-order chi connectivity index (χ1) is 11.8. The van der Waals surface area contributed by atoms with Crippen LogP contribution < -0.4 is 4.74 Å². The number of ether oxygens (including phenoxy) is 1. The van der Waals surface area contributed by atoms with Crippen LogP contribution in [0.4, 0.5) is 13.2 Å². The number of hydrogen-bond acceptors (Lipinski definition) is 3. The van der Waals surface area contributed by atoms with Crippen LogP contribution in [-0.2, 0) is 17.6 Å². The van der Waals surface area contributed by atoms with Gasteiger partial charge in [0, 0.05) is 24.7 Å². The molecule has 2 aromatic heterocycles. The number of hydrogen-bond donors (Lipinski definition) is 0. The summed E-state index contributed by atoms with van der Waals surface area (Å²) >= 11 is 0. The van der Waals surface area contributed by atoms with E-state index in [0.29, 0.717) is 5.56 Å². The first-order valence-electron chi connectivity index (χ1n) is 7.60. The van der Waals surface area contributed by atoms with Crippen LogP contribution >= 0.6 is 0 Å². The van der Waals surface area contributed by atoms with Crippen LogP contribution in [0, 0.1) is 6.92 Å². The lowest BCUT2D eigenvalue weighted by Crippen LogP contribution is -2.17. The van der Waals surface area contributed by atoms with E-state index in [1.807, 2.05) is 35.7 Å². The van der Waals surface area contributed by atoms with Crippen LogP contribution in [0.3, 0.4) is 0 Å². The number of pyridine rings is 1. The van der Waals surface area contributed by atoms with Crippen molar-refractivity contribution >= 4 is 11.4 Å². The molecule has 0 unspecified atom stereocenters. The number of halogens is 3. The maximum absolute atomic E-state index is 12.3. The number of benzene rings is 1. The van der Waals surface area contributed by atoms with Crippen molar-refractivity contribution in [2.45, 2.75) is 26.1 Å². The molecule has 7 heteroatoms. The van der Waals surface area contributed by atoms with Gasteiger partial charge in [-0.05, 0) is 36.8 Å². The monoisotopic (exact) mass is 348 g/mol. The third-order valence-corrected chi connectivity index (χ3v) is 3.63. The van der Waals surface area contributed by atoms with Gasteiger partial charge in [0.15, 0.2) is 0 Å². The van der Waals surface area contributed by atoms with E-state index in [0.717, 1.165) is 17.0 Å². The lowest BCUT2D eigenvalue weighted by molar-refractivity contribution is -0.274. The molecular weight excluding hydrogens is 333 g/mol. The van der Waals surface area contributed by atoms with Gasteiger partial charge in [-0.3, -0.25) is 4.79 Å². The first-order valence-corrected chi connectivity index (χ1v) is 7.60. The second-order valence-corrected chi connectivity index (χ2v) is 5.71. The summed E-state index contributed by atoms with van der Waals surface area (Å²) in [4.78, 5) is 16.7. The number of aryl methyl sites for hydroxylation is 1. The molecule has 130 valence electrons. The van der Waals surface area contributed by atoms with Crippen LogP contribution in [0.1, 0.15) is 17.0 Å². The second kappa shape index (κ2) is 6.58. The summed E-state index contributed by atoms with van der Waals surface area (Å²) in [6.45, 7) is 1.88. The van der Waals surface area contributed by atoms with Crippen molar-refractivity contribution in [1.82, 2.24) is 9.38 Å². The minimum absolute atomic E-state index is 0.0386. The van der Waals surface area contributed by atoms with Gasteiger partial charge >= 0.3 is 6.36 Å². The van der Waals surface area contributed by atoms with Crippen molar-refractivity contribution in [1.29, 1.82) is 0 Å². The van der Waals surface area contributed by atoms with Gasteiger partial charge < -0.3 is 9.14 Å². The summed E-state index contributed by atoms with van der Waals surface area (Å²) in [5, 5.41) is 0. The standard InChI is InChI=1S/C18H15F3N2O2/c1-12-11-23-14(3-2-4-17(23)22-12)10-15(24)9-13-5-7-16(8-6-13)25-18(19,20)21/h2-8,11H,9-10H2,1H3. The maximum Gasteiger partial charge on any atom is 0.573 e. The number of carbonyl (C=O) groups excluding carboxylic acids is 1. The Bertz CT molecular complexity index is 899. The Morgan fingerprint density at radius 1 is 1.12 bits per heavy atom. The molecule has 3 aromatic rings. The molecule has 0 spiro atoms. The number of nitrogens with zero attached hydrogens (tertiary/aromatic N) is 2. The van der Waals surface area contributed by atoms with Crippen molar-refractivity contribution in [3.05, 3.63) is 65.6 Å². The first kappa shape index (κ1) is 17.0. The van der Waals surface area contributed by atoms with Gasteiger partial charge in [0.2, 0.25) is 0 Å². The molecule has 0 amide bonds. The Morgan fingerprint density at radius 3 is 2.52 bits per heavy atom. The van der Waals surface area contributed by atoms with Gasteiger partial charge in [0.05, 0.1) is 5.69 Å². The summed E-state index contributed by atoms with van der Waals surface area (Å²) in [7, 11) is 0. The van der Waals surface area contributed by atoms with Gasteiger partial charge in [-0.25, -0.2) is 4.98 Å². The SMILES string of the molecule is Cc1cn2c(CC(=O)Cc3ccc(OC(F)(F)F)cc3)cccc2n1. The Labute approximate surface area is 141 Å². The van der Waals surface area contributed by atoms with Crippen LogP contribution in [0.2, 0.25) is 0 Å². The molecule has 0 aliphatic carbocycles. The summed E-state index contributed by atoms with van der Waals surface area (Å²) < 4.78 is 42.1. The number of imidazole rings is 1. The van der Waals surface area contributed by atoms with Gasteiger partial charge in [0.25, 0.3) is 0 Å². The fourth-order valence-corrected chi connectivity index (χ4v) is 2.63. The number of fused-ring (bicyclic) bond motifs is 1. The molecule has 2 heterocycles. The normalized spacial score (nSPS) is 11.7. The van der Waals surface area contributed by atoms with E-state index in [1.165, 1.54) is 24.3 Å². The number of ketones is 1. The zero-order valence-corrected chi connectivity index (χ0v) is 13.4. The van der Waals surface area contributed by atoms with Crippen molar-refractivity contribution < 1.29 is 22.7 Å². The quantitative estimate of drug-likeness (QED) is 0.702. The third-order valence-electron chi connectivity index (χ3n) is 3.63. The van der Waals surface area contributed by atoms with Crippen LogP contribution in [0.15, 0.2) is 48.7 Å². The Morgan fingerprint density at radius 2 is 1.84 bits per heavy atom. The van der Waals surface area contributed by atoms with Crippen molar-refractivity contribution in [2.75, 3.05) is 0 Å². The highest BCUT2D eigenvalue weighted by Gasteiger charge is 2.30. The van der Waals surface area contributed by atoms with E-state index in [2.05, 4.69) is 9.72 Å². The highest BCUT2D eigenvalue weighted by atomic mass is 19.4. The number of carbonyl (C=O) groups is 1. The average molecular weight is 348 g/mol. The minimum Gasteiger partial charge on any atom is -0.406 e. The molecule has 0 bridgehead atoms. The summed E-state index contributed by atoms with van der Waals surface area (Å²) in [5.74, 6) is -0.342. The molecule has 0 aliphatic rings. The topological polar surface area (TPSA) is 43.6 Å². The van der Waals surface area contributed by atoms with Gasteiger partial charge in [0.1, 0.15) is 17.2 Å². The molecule has 0 radical (unpaired) electrons. The van der Waals surface area contributed by atoms with E-state index >= 15 is 0 Å². The summed E-state index contributed by atoms with van der Waals surface area (Å²) in [6, 6.07) is 10.9. The molecule has 3 rings (SSSR count). The number of Topliss-reactive ketones (excluding diaryl/α,β-unsaturated/α-hetero) is 1. The smallest absolute Gasteiger partial charge is 0.406 e. The van der Waals surface area contributed by atoms with E-state index in [9.17, 15) is 18.0 Å². The molecule has 0 saturated carbocycles. The fraction of sp³-hybridized carbons (Fsp3) is 0.222. The van der Waals surface area contributed by atoms with E-state index in [-0.39, 0.29) is 24.4 Å². The van der Waals surface area contributed by atoms with Crippen molar-refractivity contribution in [3.63, 3.8) is 0 Å². The zero-order valence-electron chi connectivity index (χ0n) is 13.4. The fourth-order valence-electron chi connectivity index (χ4n) is 2.63. The highest BCUT2D eigenvalue weighted by Crippen LogP contribution is 2.23. The Hall–Kier alpha value is -2.83. The van der Waals surface area contributed by atoms with E-state index in [4.69, 9.17) is 0 Å². The predicted octanol–water partition coefficient (Wildman–Crippen LogP) is 3.90. The Balaban J connectivity index is 1.68. The largest absolute Gasteiger partial charge is 0.573 e. The maximum atomic E-state index is 12.3. The molecule has 0 saturated heterocycles. The Kier molecular flexibility index (Phi) is 4.48. The van der Waals surface area contributed by atoms with Crippen LogP contribution in [-0.4, -0.2) is 21.5 Å². The zero-order chi connectivity index (χ0) is 18.0. The molecular formula is C18H15F3N2O2. The minimum atomic E-state index is -4.72. The van der Waals surface area contributed by atoms with Gasteiger partial charge in [-0.1, -0.05) is 18.2 Å². The van der Waals surface area contributed by atoms with Crippen molar-refractivity contribution in [3.8, 4) is 5.75 Å². The number of aromatic nitrogens is 2. The molecule has 0 N–H and O–H groups in total. The lowest BCUT2D eigenvalue weighted by Gasteiger charge is -2.09. The summed E-state index contributed by atoms with van der Waals surface area (Å²) in [6.07, 6.45) is -2.51. The number of alkyl halides is 3. The van der Waals surface area contributed by atoms with Gasteiger partial charge in [-0.2, -0.15) is 0 Å². The molecule has 1 aromatic carbocycles. The van der Waals surface area contributed by atoms with E-state index in [1.54, 1.807) is 0 Å². The average Bonchev–Trinajstić information content (AvgIpc) is 2.89. The third kappa shape index (κ3) is 4.37. The molecule has 0 fully saturated rings. The molecule has 25 heavy (non-hydrogen) atoms. The van der Waals surface area contributed by atoms with Gasteiger partial charge in [-0.15, -0.1) is 13.2 Å². The number of rotatable bonds is 5. The van der Waals surface area contributed by atoms with Crippen molar-refractivity contribution in [2.24, 2.45) is 0 Å². The lowest BCUT2D eigenvalue weighted by atomic mass is 10.1. The molecule has 4 nitrogen and oxygen atoms in total. The van der Waals surface area contributed by atoms with E-state index < -0.39 is 6.36 Å². The molecule has 0 aliphatic heterocycles. The molecule has 0 atom stereocenters. The second-order valence-electron chi connectivity index (χ2n) is 5.71. The predicted molar refractivity (Wildman–Crippen MR) is 85.5 cm³/mol.